The van der Waals surface area contributed by atoms with Gasteiger partial charge >= 0.3 is 12.1 Å². The highest BCUT2D eigenvalue weighted by molar-refractivity contribution is 5.75. The molecule has 18 heavy (non-hydrogen) atoms. The van der Waals surface area contributed by atoms with Crippen LogP contribution < -0.4 is 5.73 Å². The number of esters is 1. The van der Waals surface area contributed by atoms with E-state index in [0.717, 1.165) is 19.2 Å². The van der Waals surface area contributed by atoms with E-state index >= 15 is 0 Å². The summed E-state index contributed by atoms with van der Waals surface area (Å²) >= 11 is 0. The van der Waals surface area contributed by atoms with Crippen LogP contribution in [0, 0.1) is 0 Å². The number of hydrogen-bond donors (Lipinski definition) is 2. The highest BCUT2D eigenvalue weighted by Crippen LogP contribution is 2.37. The van der Waals surface area contributed by atoms with Crippen molar-refractivity contribution in [3.63, 3.8) is 0 Å². The van der Waals surface area contributed by atoms with Crippen molar-refractivity contribution < 1.29 is 27.8 Å². The Morgan fingerprint density at radius 3 is 2.61 bits per heavy atom. The van der Waals surface area contributed by atoms with Crippen LogP contribution >= 0.6 is 0 Å². The van der Waals surface area contributed by atoms with Crippen LogP contribution in [0.2, 0.25) is 0 Å². The number of rotatable bonds is 3. The Bertz CT molecular complexity index is 446. The number of carbonyl (C=O) groups excluding carboxylic acids is 1. The predicted molar refractivity (Wildman–Crippen MR) is 56.8 cm³/mol. The maximum Gasteiger partial charge on any atom is 0.419 e. The number of nitrogens with two attached hydrogens (primary N) is 1. The standard InChI is InChI=1S/C11H12F3NO3/c1-18-10(17)8(15)5-6-3-2-4-7(9(6)16)11(12,13)14/h2-4,8,16H,5,15H2,1H3/t8-/m0/s1. The number of alkyl halides is 3. The van der Waals surface area contributed by atoms with E-state index in [0.29, 0.717) is 0 Å². The maximum atomic E-state index is 12.5. The zero-order chi connectivity index (χ0) is 13.9. The zero-order valence-corrected chi connectivity index (χ0v) is 9.49. The highest BCUT2D eigenvalue weighted by atomic mass is 19.4. The van der Waals surface area contributed by atoms with Crippen molar-refractivity contribution in [1.82, 2.24) is 0 Å². The summed E-state index contributed by atoms with van der Waals surface area (Å²) in [6.07, 6.45) is -4.89. The van der Waals surface area contributed by atoms with E-state index in [1.165, 1.54) is 6.07 Å². The molecular weight excluding hydrogens is 251 g/mol. The first-order valence-electron chi connectivity index (χ1n) is 4.98. The number of ether oxygens (including phenoxy) is 1. The molecule has 0 saturated carbocycles. The lowest BCUT2D eigenvalue weighted by Crippen LogP contribution is -2.33. The van der Waals surface area contributed by atoms with Gasteiger partial charge in [0.2, 0.25) is 0 Å². The first kappa shape index (κ1) is 14.3. The second kappa shape index (κ2) is 5.26. The molecule has 0 saturated heterocycles. The SMILES string of the molecule is COC(=O)[C@@H](N)Cc1cccc(C(F)(F)F)c1O. The predicted octanol–water partition coefficient (Wildman–Crippen LogP) is 1.45. The summed E-state index contributed by atoms with van der Waals surface area (Å²) in [5.41, 5.74) is 4.21. The van der Waals surface area contributed by atoms with E-state index in [2.05, 4.69) is 4.74 Å². The molecule has 1 rings (SSSR count). The van der Waals surface area contributed by atoms with E-state index in [1.807, 2.05) is 0 Å². The first-order valence-corrected chi connectivity index (χ1v) is 4.98. The van der Waals surface area contributed by atoms with Gasteiger partial charge in [-0.1, -0.05) is 12.1 Å². The average molecular weight is 263 g/mol. The van der Waals surface area contributed by atoms with Gasteiger partial charge < -0.3 is 15.6 Å². The van der Waals surface area contributed by atoms with Crippen molar-refractivity contribution in [2.24, 2.45) is 5.73 Å². The third-order valence-electron chi connectivity index (χ3n) is 2.37. The molecular formula is C11H12F3NO3. The fourth-order valence-corrected chi connectivity index (χ4v) is 1.46. The number of carbonyl (C=O) groups is 1. The molecule has 0 radical (unpaired) electrons. The van der Waals surface area contributed by atoms with E-state index in [9.17, 15) is 23.1 Å². The highest BCUT2D eigenvalue weighted by Gasteiger charge is 2.34. The fraction of sp³-hybridized carbons (Fsp3) is 0.364. The Balaban J connectivity index is 3.02. The van der Waals surface area contributed by atoms with Crippen LogP contribution in [0.3, 0.4) is 0 Å². The van der Waals surface area contributed by atoms with Gasteiger partial charge in [0.15, 0.2) is 0 Å². The van der Waals surface area contributed by atoms with Gasteiger partial charge in [-0.2, -0.15) is 13.2 Å². The number of halogens is 3. The lowest BCUT2D eigenvalue weighted by molar-refractivity contribution is -0.142. The van der Waals surface area contributed by atoms with Gasteiger partial charge in [-0.05, 0) is 11.6 Å². The van der Waals surface area contributed by atoms with Crippen LogP contribution in [0.15, 0.2) is 18.2 Å². The molecule has 1 atom stereocenters. The normalized spacial score (nSPS) is 13.2. The van der Waals surface area contributed by atoms with Crippen molar-refractivity contribution in [2.45, 2.75) is 18.6 Å². The molecule has 0 amide bonds. The average Bonchev–Trinajstić information content (AvgIpc) is 2.29. The third-order valence-corrected chi connectivity index (χ3v) is 2.37. The van der Waals surface area contributed by atoms with Gasteiger partial charge in [-0.3, -0.25) is 4.79 Å². The molecule has 0 spiro atoms. The number of benzene rings is 1. The molecule has 0 fully saturated rings. The monoisotopic (exact) mass is 263 g/mol. The Labute approximate surface area is 101 Å². The molecule has 0 heterocycles. The lowest BCUT2D eigenvalue weighted by atomic mass is 10.0. The molecule has 1 aromatic carbocycles. The topological polar surface area (TPSA) is 72.5 Å². The number of phenolic OH excluding ortho intramolecular Hbond substituents is 1. The van der Waals surface area contributed by atoms with Crippen molar-refractivity contribution in [3.8, 4) is 5.75 Å². The largest absolute Gasteiger partial charge is 0.507 e. The summed E-state index contributed by atoms with van der Waals surface area (Å²) in [5.74, 6) is -1.67. The second-order valence-electron chi connectivity index (χ2n) is 3.64. The Morgan fingerprint density at radius 1 is 1.50 bits per heavy atom. The van der Waals surface area contributed by atoms with Crippen LogP contribution in [-0.4, -0.2) is 24.2 Å². The molecule has 4 nitrogen and oxygen atoms in total. The summed E-state index contributed by atoms with van der Waals surface area (Å²) in [6.45, 7) is 0. The first-order chi connectivity index (χ1) is 8.27. The zero-order valence-electron chi connectivity index (χ0n) is 9.49. The number of aromatic hydroxyl groups is 1. The van der Waals surface area contributed by atoms with E-state index in [4.69, 9.17) is 5.73 Å². The van der Waals surface area contributed by atoms with Gasteiger partial charge in [0.1, 0.15) is 11.8 Å². The molecule has 0 aliphatic heterocycles. The molecule has 3 N–H and O–H groups in total. The molecule has 0 bridgehead atoms. The van der Waals surface area contributed by atoms with Crippen molar-refractivity contribution in [1.29, 1.82) is 0 Å². The summed E-state index contributed by atoms with van der Waals surface area (Å²) in [4.78, 5) is 11.1. The maximum absolute atomic E-state index is 12.5. The summed E-state index contributed by atoms with van der Waals surface area (Å²) < 4.78 is 41.9. The molecule has 100 valence electrons. The van der Waals surface area contributed by atoms with Crippen LogP contribution in [0.25, 0.3) is 0 Å². The van der Waals surface area contributed by atoms with E-state index in [1.54, 1.807) is 0 Å². The minimum atomic E-state index is -4.66. The molecule has 0 aromatic heterocycles. The van der Waals surface area contributed by atoms with E-state index in [-0.39, 0.29) is 12.0 Å². The smallest absolute Gasteiger partial charge is 0.419 e. The van der Waals surface area contributed by atoms with Crippen molar-refractivity contribution in [2.75, 3.05) is 7.11 Å². The number of methoxy groups -OCH3 is 1. The van der Waals surface area contributed by atoms with Gasteiger partial charge in [0.05, 0.1) is 12.7 Å². The molecule has 7 heteroatoms. The Hall–Kier alpha value is -1.76. The van der Waals surface area contributed by atoms with Crippen molar-refractivity contribution >= 4 is 5.97 Å². The van der Waals surface area contributed by atoms with Gasteiger partial charge in [-0.15, -0.1) is 0 Å². The Kier molecular flexibility index (Phi) is 4.18. The number of hydrogen-bond acceptors (Lipinski definition) is 4. The molecule has 0 unspecified atom stereocenters. The number of phenols is 1. The summed E-state index contributed by atoms with van der Waals surface area (Å²) in [6, 6.07) is 2.04. The van der Waals surface area contributed by atoms with Crippen LogP contribution in [-0.2, 0) is 22.1 Å². The van der Waals surface area contributed by atoms with Crippen LogP contribution in [0.5, 0.6) is 5.75 Å². The van der Waals surface area contributed by atoms with E-state index < -0.39 is 29.5 Å². The minimum Gasteiger partial charge on any atom is -0.507 e. The van der Waals surface area contributed by atoms with Crippen molar-refractivity contribution in [3.05, 3.63) is 29.3 Å². The lowest BCUT2D eigenvalue weighted by Gasteiger charge is -2.14. The Morgan fingerprint density at radius 2 is 2.11 bits per heavy atom. The summed E-state index contributed by atoms with van der Waals surface area (Å²) in [7, 11) is 1.12. The number of para-hydroxylation sites is 1. The minimum absolute atomic E-state index is 0.0530. The molecule has 1 aromatic rings. The van der Waals surface area contributed by atoms with Gasteiger partial charge in [-0.25, -0.2) is 0 Å². The van der Waals surface area contributed by atoms with Crippen LogP contribution in [0.1, 0.15) is 11.1 Å². The van der Waals surface area contributed by atoms with Gasteiger partial charge in [0, 0.05) is 6.42 Å². The molecule has 0 aliphatic rings. The third kappa shape index (κ3) is 3.13. The van der Waals surface area contributed by atoms with Gasteiger partial charge in [0.25, 0.3) is 0 Å². The second-order valence-corrected chi connectivity index (χ2v) is 3.64. The van der Waals surface area contributed by atoms with Crippen LogP contribution in [0.4, 0.5) is 13.2 Å². The summed E-state index contributed by atoms with van der Waals surface area (Å²) in [5, 5.41) is 9.50. The fourth-order valence-electron chi connectivity index (χ4n) is 1.46. The quantitative estimate of drug-likeness (QED) is 0.810. The molecule has 0 aliphatic carbocycles.